The van der Waals surface area contributed by atoms with E-state index in [1.807, 2.05) is 6.92 Å². The number of sulfonamides is 1. The summed E-state index contributed by atoms with van der Waals surface area (Å²) in [4.78, 5) is 25.1. The van der Waals surface area contributed by atoms with Crippen molar-refractivity contribution in [3.05, 3.63) is 29.8 Å². The first-order chi connectivity index (χ1) is 12.8. The molecule has 6 nitrogen and oxygen atoms in total. The van der Waals surface area contributed by atoms with Crippen LogP contribution < -0.4 is 0 Å². The number of hydrogen-bond acceptors (Lipinski definition) is 5. The zero-order valence-corrected chi connectivity index (χ0v) is 16.8. The Bertz CT molecular complexity index is 807. The highest BCUT2D eigenvalue weighted by molar-refractivity contribution is 7.89. The SMILES string of the molecule is COC(=O)C[C@@H]1CC2(CCCCCC2)N(S(=O)(=O)c2ccc(C)cc2)C1=O. The number of carbonyl (C=O) groups is 2. The van der Waals surface area contributed by atoms with Crippen LogP contribution in [0.3, 0.4) is 0 Å². The van der Waals surface area contributed by atoms with Gasteiger partial charge < -0.3 is 4.74 Å². The molecular weight excluding hydrogens is 366 g/mol. The van der Waals surface area contributed by atoms with E-state index in [-0.39, 0.29) is 11.3 Å². The lowest BCUT2D eigenvalue weighted by atomic mass is 9.85. The van der Waals surface area contributed by atoms with Gasteiger partial charge in [-0.2, -0.15) is 0 Å². The number of esters is 1. The van der Waals surface area contributed by atoms with Crippen LogP contribution in [0.25, 0.3) is 0 Å². The van der Waals surface area contributed by atoms with E-state index in [9.17, 15) is 18.0 Å². The van der Waals surface area contributed by atoms with Gasteiger partial charge in [0.25, 0.3) is 10.0 Å². The molecule has 148 valence electrons. The van der Waals surface area contributed by atoms with Crippen molar-refractivity contribution in [3.63, 3.8) is 0 Å². The first-order valence-electron chi connectivity index (χ1n) is 9.53. The van der Waals surface area contributed by atoms with Gasteiger partial charge in [0.15, 0.2) is 0 Å². The lowest BCUT2D eigenvalue weighted by Gasteiger charge is -2.37. The van der Waals surface area contributed by atoms with Crippen molar-refractivity contribution < 1.29 is 22.7 Å². The maximum atomic E-state index is 13.4. The first kappa shape index (κ1) is 19.9. The first-order valence-corrected chi connectivity index (χ1v) is 11.0. The Labute approximate surface area is 160 Å². The minimum atomic E-state index is -3.97. The lowest BCUT2D eigenvalue weighted by Crippen LogP contribution is -2.49. The van der Waals surface area contributed by atoms with Gasteiger partial charge in [-0.3, -0.25) is 9.59 Å². The number of carbonyl (C=O) groups excluding carboxylic acids is 2. The minimum absolute atomic E-state index is 0.0724. The van der Waals surface area contributed by atoms with Gasteiger partial charge in [0.2, 0.25) is 5.91 Å². The zero-order chi connectivity index (χ0) is 19.7. The van der Waals surface area contributed by atoms with Gasteiger partial charge in [-0.1, -0.05) is 43.4 Å². The maximum Gasteiger partial charge on any atom is 0.306 e. The van der Waals surface area contributed by atoms with Crippen molar-refractivity contribution >= 4 is 21.9 Å². The number of hydrogen-bond donors (Lipinski definition) is 0. The Balaban J connectivity index is 2.03. The quantitative estimate of drug-likeness (QED) is 0.734. The number of ether oxygens (including phenoxy) is 1. The van der Waals surface area contributed by atoms with Crippen LogP contribution in [-0.4, -0.2) is 37.2 Å². The van der Waals surface area contributed by atoms with Gasteiger partial charge >= 0.3 is 5.97 Å². The van der Waals surface area contributed by atoms with Crippen molar-refractivity contribution in [2.24, 2.45) is 5.92 Å². The van der Waals surface area contributed by atoms with Crippen LogP contribution in [0.15, 0.2) is 29.2 Å². The molecule has 1 heterocycles. The molecule has 2 fully saturated rings. The van der Waals surface area contributed by atoms with E-state index in [2.05, 4.69) is 0 Å². The average Bonchev–Trinajstić information content (AvgIpc) is 2.76. The molecule has 7 heteroatoms. The summed E-state index contributed by atoms with van der Waals surface area (Å²) in [6, 6.07) is 6.57. The summed E-state index contributed by atoms with van der Waals surface area (Å²) in [7, 11) is -2.69. The molecule has 1 spiro atoms. The van der Waals surface area contributed by atoms with Crippen LogP contribution in [0.4, 0.5) is 0 Å². The summed E-state index contributed by atoms with van der Waals surface area (Å²) in [6.45, 7) is 1.89. The number of nitrogens with zero attached hydrogens (tertiary/aromatic N) is 1. The van der Waals surface area contributed by atoms with Crippen molar-refractivity contribution in [3.8, 4) is 0 Å². The number of rotatable bonds is 4. The zero-order valence-electron chi connectivity index (χ0n) is 15.9. The van der Waals surface area contributed by atoms with Crippen molar-refractivity contribution in [2.75, 3.05) is 7.11 Å². The Morgan fingerprint density at radius 1 is 1.15 bits per heavy atom. The molecule has 3 rings (SSSR count). The molecule has 0 bridgehead atoms. The monoisotopic (exact) mass is 393 g/mol. The average molecular weight is 394 g/mol. The van der Waals surface area contributed by atoms with Crippen LogP contribution in [-0.2, 0) is 24.3 Å². The number of amides is 1. The molecular formula is C20H27NO5S. The van der Waals surface area contributed by atoms with Crippen LogP contribution in [0.5, 0.6) is 0 Å². The third-order valence-electron chi connectivity index (χ3n) is 5.84. The van der Waals surface area contributed by atoms with E-state index in [4.69, 9.17) is 4.74 Å². The molecule has 0 aromatic heterocycles. The molecule has 1 atom stereocenters. The fourth-order valence-corrected chi connectivity index (χ4v) is 6.30. The second-order valence-electron chi connectivity index (χ2n) is 7.74. The summed E-state index contributed by atoms with van der Waals surface area (Å²) >= 11 is 0. The van der Waals surface area contributed by atoms with Crippen LogP contribution in [0.1, 0.15) is 56.9 Å². The summed E-state index contributed by atoms with van der Waals surface area (Å²) in [5.41, 5.74) is 0.227. The van der Waals surface area contributed by atoms with Crippen molar-refractivity contribution in [2.45, 2.75) is 68.7 Å². The fraction of sp³-hybridized carbons (Fsp3) is 0.600. The van der Waals surface area contributed by atoms with Crippen molar-refractivity contribution in [1.29, 1.82) is 0 Å². The Kier molecular flexibility index (Phi) is 5.60. The van der Waals surface area contributed by atoms with E-state index in [0.29, 0.717) is 19.3 Å². The van der Waals surface area contributed by atoms with Gasteiger partial charge in [0, 0.05) is 0 Å². The third-order valence-corrected chi connectivity index (χ3v) is 7.76. The molecule has 1 amide bonds. The maximum absolute atomic E-state index is 13.4. The fourth-order valence-electron chi connectivity index (χ4n) is 4.46. The highest BCUT2D eigenvalue weighted by Gasteiger charge is 2.56. The van der Waals surface area contributed by atoms with E-state index in [1.165, 1.54) is 7.11 Å². The van der Waals surface area contributed by atoms with Crippen LogP contribution in [0.2, 0.25) is 0 Å². The van der Waals surface area contributed by atoms with Gasteiger partial charge in [-0.05, 0) is 38.3 Å². The second kappa shape index (κ2) is 7.62. The highest BCUT2D eigenvalue weighted by Crippen LogP contribution is 2.47. The summed E-state index contributed by atoms with van der Waals surface area (Å²) in [5.74, 6) is -1.59. The predicted octanol–water partition coefficient (Wildman–Crippen LogP) is 3.19. The normalized spacial score (nSPS) is 22.7. The summed E-state index contributed by atoms with van der Waals surface area (Å²) in [5, 5.41) is 0. The van der Waals surface area contributed by atoms with Gasteiger partial charge in [-0.15, -0.1) is 0 Å². The smallest absolute Gasteiger partial charge is 0.306 e. The van der Waals surface area contributed by atoms with Gasteiger partial charge in [0.05, 0.1) is 29.9 Å². The highest BCUT2D eigenvalue weighted by atomic mass is 32.2. The largest absolute Gasteiger partial charge is 0.469 e. The molecule has 0 N–H and O–H groups in total. The molecule has 1 saturated heterocycles. The van der Waals surface area contributed by atoms with Crippen LogP contribution in [0, 0.1) is 12.8 Å². The second-order valence-corrected chi connectivity index (χ2v) is 9.53. The molecule has 0 radical (unpaired) electrons. The number of methoxy groups -OCH3 is 1. The molecule has 27 heavy (non-hydrogen) atoms. The van der Waals surface area contributed by atoms with Crippen molar-refractivity contribution in [1.82, 2.24) is 4.31 Å². The molecule has 1 aliphatic heterocycles. The Hall–Kier alpha value is -1.89. The number of aryl methyl sites for hydroxylation is 1. The van der Waals surface area contributed by atoms with Crippen LogP contribution >= 0.6 is 0 Å². The number of benzene rings is 1. The summed E-state index contributed by atoms with van der Waals surface area (Å²) < 4.78 is 32.7. The Morgan fingerprint density at radius 2 is 1.74 bits per heavy atom. The Morgan fingerprint density at radius 3 is 2.30 bits per heavy atom. The standard InChI is InChI=1S/C20H27NO5S/c1-15-7-9-17(10-8-15)27(24,25)21-19(23)16(13-18(22)26-2)14-20(21)11-5-3-4-6-12-20/h7-10,16H,3-6,11-14H2,1-2H3/t16-/m1/s1. The third kappa shape index (κ3) is 3.74. The van der Waals surface area contributed by atoms with Gasteiger partial charge in [-0.25, -0.2) is 12.7 Å². The van der Waals surface area contributed by atoms with Gasteiger partial charge in [0.1, 0.15) is 0 Å². The summed E-state index contributed by atoms with van der Waals surface area (Å²) in [6.07, 6.45) is 5.48. The van der Waals surface area contributed by atoms with E-state index in [0.717, 1.165) is 35.6 Å². The van der Waals surface area contributed by atoms with E-state index in [1.54, 1.807) is 24.3 Å². The molecule has 0 unspecified atom stereocenters. The van der Waals surface area contributed by atoms with E-state index >= 15 is 0 Å². The minimum Gasteiger partial charge on any atom is -0.469 e. The molecule has 1 aromatic rings. The lowest BCUT2D eigenvalue weighted by molar-refractivity contribution is -0.144. The predicted molar refractivity (Wildman–Crippen MR) is 100 cm³/mol. The molecule has 1 aliphatic carbocycles. The topological polar surface area (TPSA) is 80.8 Å². The van der Waals surface area contributed by atoms with E-state index < -0.39 is 33.4 Å². The molecule has 1 aromatic carbocycles. The molecule has 1 saturated carbocycles. The molecule has 2 aliphatic rings.